The van der Waals surface area contributed by atoms with E-state index < -0.39 is 0 Å². The Hall–Kier alpha value is -0.870. The molecule has 0 spiro atoms. The molecule has 1 saturated heterocycles. The average molecular weight is 311 g/mol. The van der Waals surface area contributed by atoms with E-state index in [0.29, 0.717) is 0 Å². The first-order valence-electron chi connectivity index (χ1n) is 6.32. The molecule has 0 aliphatic carbocycles. The molecule has 1 aliphatic rings. The Morgan fingerprint density at radius 2 is 2.28 bits per heavy atom. The van der Waals surface area contributed by atoms with Crippen LogP contribution in [0.5, 0.6) is 0 Å². The van der Waals surface area contributed by atoms with E-state index in [-0.39, 0.29) is 11.8 Å². The van der Waals surface area contributed by atoms with Crippen LogP contribution in [0.2, 0.25) is 0 Å². The van der Waals surface area contributed by atoms with Crippen LogP contribution < -0.4 is 5.32 Å². The molecule has 0 unspecified atom stereocenters. The number of likely N-dealkylation sites (tertiary alicyclic amines) is 1. The normalized spacial score (nSPS) is 20.7. The van der Waals surface area contributed by atoms with Gasteiger partial charge in [-0.05, 0) is 57.1 Å². The summed E-state index contributed by atoms with van der Waals surface area (Å²) in [5.41, 5.74) is 2.02. The minimum atomic E-state index is 0.118. The standard InChI is InChI=1S/C14H19BrN2O/c1-10-8-12(5-6-13(10)15)16-14(18)11-4-3-7-17(2)9-11/h5-6,8,11H,3-4,7,9H2,1-2H3,(H,16,18)/t11-/m1/s1. The van der Waals surface area contributed by atoms with E-state index in [0.717, 1.165) is 41.7 Å². The highest BCUT2D eigenvalue weighted by atomic mass is 79.9. The Morgan fingerprint density at radius 3 is 2.94 bits per heavy atom. The van der Waals surface area contributed by atoms with Gasteiger partial charge in [-0.1, -0.05) is 15.9 Å². The second-order valence-corrected chi connectivity index (χ2v) is 5.91. The number of nitrogens with zero attached hydrogens (tertiary/aromatic N) is 1. The molecule has 2 rings (SSSR count). The number of hydrogen-bond donors (Lipinski definition) is 1. The minimum Gasteiger partial charge on any atom is -0.326 e. The molecule has 1 aromatic rings. The summed E-state index contributed by atoms with van der Waals surface area (Å²) in [5.74, 6) is 0.260. The number of hydrogen-bond acceptors (Lipinski definition) is 2. The lowest BCUT2D eigenvalue weighted by Crippen LogP contribution is -2.38. The number of halogens is 1. The van der Waals surface area contributed by atoms with E-state index in [4.69, 9.17) is 0 Å². The van der Waals surface area contributed by atoms with Gasteiger partial charge in [0.1, 0.15) is 0 Å². The fourth-order valence-electron chi connectivity index (χ4n) is 2.35. The molecule has 1 N–H and O–H groups in total. The molecule has 1 heterocycles. The summed E-state index contributed by atoms with van der Waals surface area (Å²) in [5, 5.41) is 3.01. The number of amides is 1. The molecule has 0 radical (unpaired) electrons. The summed E-state index contributed by atoms with van der Waals surface area (Å²) in [6, 6.07) is 5.90. The fourth-order valence-corrected chi connectivity index (χ4v) is 2.59. The van der Waals surface area contributed by atoms with Crippen LogP contribution in [-0.2, 0) is 4.79 Å². The zero-order chi connectivity index (χ0) is 13.1. The number of carbonyl (C=O) groups is 1. The van der Waals surface area contributed by atoms with Gasteiger partial charge in [-0.15, -0.1) is 0 Å². The largest absolute Gasteiger partial charge is 0.326 e. The van der Waals surface area contributed by atoms with E-state index in [2.05, 4.69) is 33.2 Å². The molecule has 4 heteroatoms. The molecule has 0 bridgehead atoms. The molecular formula is C14H19BrN2O. The van der Waals surface area contributed by atoms with Crippen LogP contribution in [0.4, 0.5) is 5.69 Å². The van der Waals surface area contributed by atoms with Crippen LogP contribution in [0.25, 0.3) is 0 Å². The molecular weight excluding hydrogens is 292 g/mol. The number of nitrogens with one attached hydrogen (secondary N) is 1. The number of rotatable bonds is 2. The van der Waals surface area contributed by atoms with Gasteiger partial charge >= 0.3 is 0 Å². The van der Waals surface area contributed by atoms with Crippen molar-refractivity contribution in [3.05, 3.63) is 28.2 Å². The van der Waals surface area contributed by atoms with Crippen molar-refractivity contribution in [1.29, 1.82) is 0 Å². The maximum Gasteiger partial charge on any atom is 0.228 e. The third-order valence-corrected chi connectivity index (χ3v) is 4.31. The lowest BCUT2D eigenvalue weighted by Gasteiger charge is -2.28. The van der Waals surface area contributed by atoms with Crippen molar-refractivity contribution in [3.63, 3.8) is 0 Å². The Balaban J connectivity index is 2.00. The third kappa shape index (κ3) is 3.33. The van der Waals surface area contributed by atoms with Gasteiger partial charge in [-0.3, -0.25) is 4.79 Å². The molecule has 1 atom stereocenters. The first kappa shape index (κ1) is 13.6. The second-order valence-electron chi connectivity index (χ2n) is 5.05. The monoisotopic (exact) mass is 310 g/mol. The predicted octanol–water partition coefficient (Wildman–Crippen LogP) is 3.04. The van der Waals surface area contributed by atoms with E-state index in [1.165, 1.54) is 0 Å². The number of anilines is 1. The van der Waals surface area contributed by atoms with Gasteiger partial charge in [-0.25, -0.2) is 0 Å². The van der Waals surface area contributed by atoms with Crippen molar-refractivity contribution in [2.24, 2.45) is 5.92 Å². The van der Waals surface area contributed by atoms with Crippen molar-refractivity contribution in [2.45, 2.75) is 19.8 Å². The number of piperidine rings is 1. The van der Waals surface area contributed by atoms with Crippen molar-refractivity contribution >= 4 is 27.5 Å². The summed E-state index contributed by atoms with van der Waals surface area (Å²) < 4.78 is 1.07. The van der Waals surface area contributed by atoms with E-state index >= 15 is 0 Å². The van der Waals surface area contributed by atoms with Crippen molar-refractivity contribution in [1.82, 2.24) is 4.90 Å². The summed E-state index contributed by atoms with van der Waals surface area (Å²) >= 11 is 3.46. The van der Waals surface area contributed by atoms with Crippen molar-refractivity contribution < 1.29 is 4.79 Å². The molecule has 1 aliphatic heterocycles. The van der Waals surface area contributed by atoms with E-state index in [9.17, 15) is 4.79 Å². The maximum atomic E-state index is 12.2. The molecule has 0 aromatic heterocycles. The van der Waals surface area contributed by atoms with E-state index in [1.54, 1.807) is 0 Å². The highest BCUT2D eigenvalue weighted by molar-refractivity contribution is 9.10. The van der Waals surface area contributed by atoms with Crippen molar-refractivity contribution in [3.8, 4) is 0 Å². The summed E-state index contributed by atoms with van der Waals surface area (Å²) in [6.45, 7) is 3.98. The van der Waals surface area contributed by atoms with Crippen LogP contribution in [0.1, 0.15) is 18.4 Å². The van der Waals surface area contributed by atoms with Gasteiger partial charge in [-0.2, -0.15) is 0 Å². The number of carbonyl (C=O) groups excluding carboxylic acids is 1. The quantitative estimate of drug-likeness (QED) is 0.910. The summed E-state index contributed by atoms with van der Waals surface area (Å²) in [7, 11) is 2.07. The molecule has 3 nitrogen and oxygen atoms in total. The second kappa shape index (κ2) is 5.85. The van der Waals surface area contributed by atoms with Gasteiger partial charge in [0, 0.05) is 16.7 Å². The maximum absolute atomic E-state index is 12.2. The van der Waals surface area contributed by atoms with Gasteiger partial charge in [0.2, 0.25) is 5.91 Å². The molecule has 98 valence electrons. The Morgan fingerprint density at radius 1 is 1.50 bits per heavy atom. The molecule has 1 amide bonds. The lowest BCUT2D eigenvalue weighted by atomic mass is 9.97. The number of aryl methyl sites for hydroxylation is 1. The third-order valence-electron chi connectivity index (χ3n) is 3.42. The van der Waals surface area contributed by atoms with Crippen LogP contribution in [0.3, 0.4) is 0 Å². The smallest absolute Gasteiger partial charge is 0.228 e. The van der Waals surface area contributed by atoms with Crippen LogP contribution in [0, 0.1) is 12.8 Å². The molecule has 18 heavy (non-hydrogen) atoms. The highest BCUT2D eigenvalue weighted by Crippen LogP contribution is 2.22. The Labute approximate surface area is 117 Å². The van der Waals surface area contributed by atoms with Crippen LogP contribution >= 0.6 is 15.9 Å². The van der Waals surface area contributed by atoms with Gasteiger partial charge in [0.05, 0.1) is 5.92 Å². The van der Waals surface area contributed by atoms with Crippen molar-refractivity contribution in [2.75, 3.05) is 25.5 Å². The zero-order valence-corrected chi connectivity index (χ0v) is 12.5. The van der Waals surface area contributed by atoms with Gasteiger partial charge in [0.15, 0.2) is 0 Å². The topological polar surface area (TPSA) is 32.3 Å². The Kier molecular flexibility index (Phi) is 4.40. The van der Waals surface area contributed by atoms with Gasteiger partial charge < -0.3 is 10.2 Å². The zero-order valence-electron chi connectivity index (χ0n) is 10.9. The average Bonchev–Trinajstić information content (AvgIpc) is 2.34. The molecule has 0 saturated carbocycles. The van der Waals surface area contributed by atoms with Crippen LogP contribution in [-0.4, -0.2) is 30.9 Å². The van der Waals surface area contributed by atoms with Crippen LogP contribution in [0.15, 0.2) is 22.7 Å². The summed E-state index contributed by atoms with van der Waals surface area (Å²) in [6.07, 6.45) is 2.10. The summed E-state index contributed by atoms with van der Waals surface area (Å²) in [4.78, 5) is 14.4. The molecule has 1 fully saturated rings. The number of benzene rings is 1. The first-order chi connectivity index (χ1) is 8.56. The van der Waals surface area contributed by atoms with Gasteiger partial charge in [0.25, 0.3) is 0 Å². The lowest BCUT2D eigenvalue weighted by molar-refractivity contribution is -0.121. The Bertz CT molecular complexity index is 447. The highest BCUT2D eigenvalue weighted by Gasteiger charge is 2.23. The fraction of sp³-hybridized carbons (Fsp3) is 0.500. The predicted molar refractivity (Wildman–Crippen MR) is 77.7 cm³/mol. The SMILES string of the molecule is Cc1cc(NC(=O)[C@@H]2CCCN(C)C2)ccc1Br. The molecule has 1 aromatic carbocycles. The minimum absolute atomic E-state index is 0.118. The van der Waals surface area contributed by atoms with E-state index in [1.807, 2.05) is 25.1 Å². The first-order valence-corrected chi connectivity index (χ1v) is 7.11.